The first-order chi connectivity index (χ1) is 13.8. The van der Waals surface area contributed by atoms with Crippen molar-refractivity contribution in [2.45, 2.75) is 19.3 Å². The quantitative estimate of drug-likeness (QED) is 0.314. The molecule has 6 nitrogen and oxygen atoms in total. The SMILES string of the molecule is CN=C(NCc1cccc(C(F)(F)F)c1)NCc1c(OC)cc(OC)cc1OC.I. The van der Waals surface area contributed by atoms with E-state index in [1.165, 1.54) is 6.07 Å². The molecule has 0 aliphatic carbocycles. The molecule has 0 saturated heterocycles. The second-order valence-corrected chi connectivity index (χ2v) is 5.99. The number of methoxy groups -OCH3 is 3. The van der Waals surface area contributed by atoms with Crippen molar-refractivity contribution >= 4 is 29.9 Å². The van der Waals surface area contributed by atoms with Crippen molar-refractivity contribution in [2.24, 2.45) is 4.99 Å². The maximum Gasteiger partial charge on any atom is 0.416 e. The van der Waals surface area contributed by atoms with Crippen LogP contribution < -0.4 is 24.8 Å². The van der Waals surface area contributed by atoms with Crippen molar-refractivity contribution in [3.63, 3.8) is 0 Å². The molecule has 0 saturated carbocycles. The molecule has 0 aromatic heterocycles. The molecule has 166 valence electrons. The van der Waals surface area contributed by atoms with Gasteiger partial charge < -0.3 is 24.8 Å². The Labute approximate surface area is 190 Å². The molecule has 2 rings (SSSR count). The van der Waals surface area contributed by atoms with Gasteiger partial charge in [-0.15, -0.1) is 24.0 Å². The maximum absolute atomic E-state index is 12.8. The van der Waals surface area contributed by atoms with E-state index in [4.69, 9.17) is 14.2 Å². The Hall–Kier alpha value is -2.37. The average Bonchev–Trinajstić information content (AvgIpc) is 2.72. The third kappa shape index (κ3) is 6.85. The van der Waals surface area contributed by atoms with E-state index in [1.807, 2.05) is 0 Å². The lowest BCUT2D eigenvalue weighted by Crippen LogP contribution is -2.36. The molecule has 0 fully saturated rings. The largest absolute Gasteiger partial charge is 0.496 e. The third-order valence-corrected chi connectivity index (χ3v) is 4.19. The maximum atomic E-state index is 12.8. The topological polar surface area (TPSA) is 64.1 Å². The van der Waals surface area contributed by atoms with Gasteiger partial charge in [-0.3, -0.25) is 4.99 Å². The van der Waals surface area contributed by atoms with Gasteiger partial charge in [-0.05, 0) is 17.7 Å². The normalized spacial score (nSPS) is 11.4. The summed E-state index contributed by atoms with van der Waals surface area (Å²) in [6, 6.07) is 8.61. The highest BCUT2D eigenvalue weighted by atomic mass is 127. The Morgan fingerprint density at radius 2 is 1.53 bits per heavy atom. The molecule has 30 heavy (non-hydrogen) atoms. The van der Waals surface area contributed by atoms with Crippen LogP contribution in [0.1, 0.15) is 16.7 Å². The number of ether oxygens (including phenoxy) is 3. The highest BCUT2D eigenvalue weighted by molar-refractivity contribution is 14.0. The van der Waals surface area contributed by atoms with Gasteiger partial charge in [0, 0.05) is 25.7 Å². The number of halogens is 4. The molecule has 0 aliphatic rings. The molecule has 0 spiro atoms. The van der Waals surface area contributed by atoms with Crippen molar-refractivity contribution in [2.75, 3.05) is 28.4 Å². The summed E-state index contributed by atoms with van der Waals surface area (Å²) in [7, 11) is 6.20. The molecule has 0 atom stereocenters. The number of hydrogen-bond donors (Lipinski definition) is 2. The van der Waals surface area contributed by atoms with Crippen LogP contribution in [-0.2, 0) is 19.3 Å². The third-order valence-electron chi connectivity index (χ3n) is 4.19. The van der Waals surface area contributed by atoms with Gasteiger partial charge in [-0.2, -0.15) is 13.2 Å². The van der Waals surface area contributed by atoms with Crippen LogP contribution in [0.25, 0.3) is 0 Å². The van der Waals surface area contributed by atoms with Gasteiger partial charge in [0.15, 0.2) is 5.96 Å². The summed E-state index contributed by atoms with van der Waals surface area (Å²) >= 11 is 0. The van der Waals surface area contributed by atoms with Gasteiger partial charge in [0.05, 0.1) is 39.0 Å². The second-order valence-electron chi connectivity index (χ2n) is 5.99. The summed E-state index contributed by atoms with van der Waals surface area (Å²) in [5.74, 6) is 2.15. The van der Waals surface area contributed by atoms with Crippen LogP contribution in [-0.4, -0.2) is 34.3 Å². The number of benzene rings is 2. The number of hydrogen-bond acceptors (Lipinski definition) is 4. The predicted octanol–water partition coefficient (Wildman–Crippen LogP) is 4.21. The van der Waals surface area contributed by atoms with Crippen molar-refractivity contribution in [3.05, 3.63) is 53.1 Å². The van der Waals surface area contributed by atoms with Crippen LogP contribution in [0.15, 0.2) is 41.4 Å². The summed E-state index contributed by atoms with van der Waals surface area (Å²) in [6.45, 7) is 0.499. The van der Waals surface area contributed by atoms with Crippen LogP contribution in [0.4, 0.5) is 13.2 Å². The van der Waals surface area contributed by atoms with E-state index in [2.05, 4.69) is 15.6 Å². The standard InChI is InChI=1S/C20H24F3N3O3.HI/c1-24-19(25-11-13-6-5-7-14(8-13)20(21,22)23)26-12-16-17(28-3)9-15(27-2)10-18(16)29-4;/h5-10H,11-12H2,1-4H3,(H2,24,25,26);1H. The summed E-state index contributed by atoms with van der Waals surface area (Å²) < 4.78 is 54.6. The summed E-state index contributed by atoms with van der Waals surface area (Å²) in [6.07, 6.45) is -4.38. The molecular weight excluding hydrogens is 514 g/mol. The summed E-state index contributed by atoms with van der Waals surface area (Å²) in [4.78, 5) is 4.10. The van der Waals surface area contributed by atoms with Gasteiger partial charge in [-0.1, -0.05) is 12.1 Å². The lowest BCUT2D eigenvalue weighted by molar-refractivity contribution is -0.137. The Morgan fingerprint density at radius 3 is 2.03 bits per heavy atom. The van der Waals surface area contributed by atoms with Gasteiger partial charge in [0.2, 0.25) is 0 Å². The van der Waals surface area contributed by atoms with Crippen molar-refractivity contribution in [1.82, 2.24) is 10.6 Å². The molecule has 10 heteroatoms. The number of aliphatic imine (C=N–C) groups is 1. The number of rotatable bonds is 7. The zero-order valence-electron chi connectivity index (χ0n) is 17.1. The molecule has 0 heterocycles. The molecule has 0 radical (unpaired) electrons. The van der Waals surface area contributed by atoms with E-state index < -0.39 is 11.7 Å². The fraction of sp³-hybridized carbons (Fsp3) is 0.350. The zero-order valence-corrected chi connectivity index (χ0v) is 19.4. The van der Waals surface area contributed by atoms with Crippen molar-refractivity contribution < 1.29 is 27.4 Å². The number of guanidine groups is 1. The minimum absolute atomic E-state index is 0. The Morgan fingerprint density at radius 1 is 0.933 bits per heavy atom. The lowest BCUT2D eigenvalue weighted by Gasteiger charge is -2.17. The fourth-order valence-corrected chi connectivity index (χ4v) is 2.69. The van der Waals surface area contributed by atoms with E-state index >= 15 is 0 Å². The molecule has 0 aliphatic heterocycles. The molecule has 2 aromatic carbocycles. The van der Waals surface area contributed by atoms with Crippen LogP contribution >= 0.6 is 24.0 Å². The molecule has 0 bridgehead atoms. The second kappa shape index (κ2) is 11.7. The number of nitrogens with zero attached hydrogens (tertiary/aromatic N) is 1. The number of nitrogens with one attached hydrogen (secondary N) is 2. The van der Waals surface area contributed by atoms with Gasteiger partial charge in [0.25, 0.3) is 0 Å². The Bertz CT molecular complexity index is 836. The molecular formula is C20H25F3IN3O3. The van der Waals surface area contributed by atoms with Crippen LogP contribution in [0.5, 0.6) is 17.2 Å². The van der Waals surface area contributed by atoms with E-state index in [9.17, 15) is 13.2 Å². The lowest BCUT2D eigenvalue weighted by atomic mass is 10.1. The highest BCUT2D eigenvalue weighted by Gasteiger charge is 2.30. The Kier molecular flexibility index (Phi) is 10.0. The van der Waals surface area contributed by atoms with Crippen molar-refractivity contribution in [1.29, 1.82) is 0 Å². The Balaban J connectivity index is 0.00000450. The van der Waals surface area contributed by atoms with Gasteiger partial charge in [0.1, 0.15) is 17.2 Å². The van der Waals surface area contributed by atoms with E-state index in [0.29, 0.717) is 35.3 Å². The molecule has 2 N–H and O–H groups in total. The first-order valence-electron chi connectivity index (χ1n) is 8.72. The molecule has 0 unspecified atom stereocenters. The molecule has 2 aromatic rings. The minimum Gasteiger partial charge on any atom is -0.496 e. The van der Waals surface area contributed by atoms with E-state index in [1.54, 1.807) is 46.6 Å². The van der Waals surface area contributed by atoms with E-state index in [0.717, 1.165) is 17.7 Å². The average molecular weight is 539 g/mol. The van der Waals surface area contributed by atoms with Crippen LogP contribution in [0.3, 0.4) is 0 Å². The van der Waals surface area contributed by atoms with Crippen LogP contribution in [0, 0.1) is 0 Å². The fourth-order valence-electron chi connectivity index (χ4n) is 2.69. The van der Waals surface area contributed by atoms with Gasteiger partial charge in [-0.25, -0.2) is 0 Å². The van der Waals surface area contributed by atoms with Gasteiger partial charge >= 0.3 is 6.18 Å². The highest BCUT2D eigenvalue weighted by Crippen LogP contribution is 2.34. The van der Waals surface area contributed by atoms with E-state index in [-0.39, 0.29) is 30.5 Å². The first-order valence-corrected chi connectivity index (χ1v) is 8.72. The predicted molar refractivity (Wildman–Crippen MR) is 120 cm³/mol. The zero-order chi connectivity index (χ0) is 21.4. The smallest absolute Gasteiger partial charge is 0.416 e. The summed E-state index contributed by atoms with van der Waals surface area (Å²) in [5, 5.41) is 6.10. The van der Waals surface area contributed by atoms with Crippen LogP contribution in [0.2, 0.25) is 0 Å². The minimum atomic E-state index is -4.38. The molecule has 0 amide bonds. The first kappa shape index (κ1) is 25.7. The van der Waals surface area contributed by atoms with Crippen molar-refractivity contribution in [3.8, 4) is 17.2 Å². The monoisotopic (exact) mass is 539 g/mol. The summed E-state index contributed by atoms with van der Waals surface area (Å²) in [5.41, 5.74) is 0.549. The number of alkyl halides is 3.